The number of fused-ring (bicyclic) bond motifs is 1. The van der Waals surface area contributed by atoms with Crippen molar-refractivity contribution in [3.05, 3.63) is 82.1 Å². The molecule has 0 spiro atoms. The van der Waals surface area contributed by atoms with E-state index in [1.165, 1.54) is 17.4 Å². The van der Waals surface area contributed by atoms with Crippen LogP contribution in [0, 0.1) is 6.92 Å². The molecule has 0 aliphatic heterocycles. The van der Waals surface area contributed by atoms with Crippen LogP contribution in [-0.4, -0.2) is 10.5 Å². The van der Waals surface area contributed by atoms with Gasteiger partial charge < -0.3 is 4.57 Å². The lowest BCUT2D eigenvalue weighted by molar-refractivity contribution is -0.113. The fourth-order valence-corrected chi connectivity index (χ4v) is 3.82. The predicted molar refractivity (Wildman–Crippen MR) is 106 cm³/mol. The van der Waals surface area contributed by atoms with Crippen molar-refractivity contribution in [1.29, 1.82) is 0 Å². The number of carbonyl (C=O) groups is 1. The van der Waals surface area contributed by atoms with Crippen molar-refractivity contribution in [2.45, 2.75) is 13.5 Å². The number of halogens is 1. The Morgan fingerprint density at radius 1 is 1.28 bits per heavy atom. The van der Waals surface area contributed by atoms with E-state index in [-0.39, 0.29) is 5.91 Å². The molecule has 126 valence electrons. The van der Waals surface area contributed by atoms with Crippen LogP contribution in [0.1, 0.15) is 11.1 Å². The largest absolute Gasteiger partial charge is 0.312 e. The van der Waals surface area contributed by atoms with Crippen LogP contribution >= 0.6 is 22.9 Å². The molecule has 0 atom stereocenters. The predicted octanol–water partition coefficient (Wildman–Crippen LogP) is 4.99. The molecule has 25 heavy (non-hydrogen) atoms. The first kappa shape index (κ1) is 17.4. The highest BCUT2D eigenvalue weighted by Gasteiger charge is 2.10. The number of nitrogens with zero attached hydrogens (tertiary/aromatic N) is 2. The van der Waals surface area contributed by atoms with E-state index < -0.39 is 0 Å². The van der Waals surface area contributed by atoms with Crippen LogP contribution in [0.5, 0.6) is 0 Å². The topological polar surface area (TPSA) is 34.4 Å². The summed E-state index contributed by atoms with van der Waals surface area (Å²) >= 11 is 7.72. The first-order chi connectivity index (χ1) is 12.1. The zero-order valence-electron chi connectivity index (χ0n) is 13.8. The molecule has 0 fully saturated rings. The van der Waals surface area contributed by atoms with Crippen molar-refractivity contribution in [3.63, 3.8) is 0 Å². The fourth-order valence-electron chi connectivity index (χ4n) is 2.56. The van der Waals surface area contributed by atoms with E-state index in [1.807, 2.05) is 54.0 Å². The second-order valence-corrected chi connectivity index (χ2v) is 6.91. The summed E-state index contributed by atoms with van der Waals surface area (Å²) in [6, 6.07) is 13.5. The number of thiazole rings is 1. The molecule has 0 aliphatic carbocycles. The third-order valence-electron chi connectivity index (χ3n) is 3.77. The van der Waals surface area contributed by atoms with E-state index in [0.29, 0.717) is 16.4 Å². The van der Waals surface area contributed by atoms with Crippen LogP contribution in [-0.2, 0) is 11.3 Å². The van der Waals surface area contributed by atoms with Gasteiger partial charge in [0, 0.05) is 17.6 Å². The third-order valence-corrected chi connectivity index (χ3v) is 5.22. The Bertz CT molecular complexity index is 1030. The SMILES string of the molecule is C=CCn1c(=NC(=O)/C=C/c2ccccc2)sc2ccc(Cl)c(C)c21. The molecule has 1 heterocycles. The van der Waals surface area contributed by atoms with Gasteiger partial charge in [0.25, 0.3) is 5.91 Å². The maximum absolute atomic E-state index is 12.3. The van der Waals surface area contributed by atoms with E-state index in [4.69, 9.17) is 11.6 Å². The lowest BCUT2D eigenvalue weighted by atomic mass is 10.2. The van der Waals surface area contributed by atoms with Crippen LogP contribution in [0.3, 0.4) is 0 Å². The number of rotatable bonds is 4. The monoisotopic (exact) mass is 368 g/mol. The van der Waals surface area contributed by atoms with Gasteiger partial charge in [-0.05, 0) is 36.3 Å². The molecule has 3 aromatic rings. The highest BCUT2D eigenvalue weighted by molar-refractivity contribution is 7.16. The number of benzene rings is 2. The first-order valence-corrected chi connectivity index (χ1v) is 9.01. The van der Waals surface area contributed by atoms with Crippen molar-refractivity contribution in [3.8, 4) is 0 Å². The standard InChI is InChI=1S/C20H17ClN2OS/c1-3-13-23-19-14(2)16(21)10-11-17(19)25-20(23)22-18(24)12-9-15-7-5-4-6-8-15/h3-12H,1,13H2,2H3/b12-9+,22-20?. The average Bonchev–Trinajstić information content (AvgIpc) is 2.96. The molecule has 5 heteroatoms. The summed E-state index contributed by atoms with van der Waals surface area (Å²) in [5.74, 6) is -0.294. The number of aryl methyl sites for hydroxylation is 1. The van der Waals surface area contributed by atoms with E-state index in [0.717, 1.165) is 21.3 Å². The number of aromatic nitrogens is 1. The Hall–Kier alpha value is -2.43. The lowest BCUT2D eigenvalue weighted by Crippen LogP contribution is -2.16. The van der Waals surface area contributed by atoms with Crippen molar-refractivity contribution in [2.75, 3.05) is 0 Å². The van der Waals surface area contributed by atoms with Crippen LogP contribution in [0.15, 0.2) is 66.2 Å². The van der Waals surface area contributed by atoms with Crippen LogP contribution in [0.2, 0.25) is 5.02 Å². The van der Waals surface area contributed by atoms with Gasteiger partial charge in [0.05, 0.1) is 10.2 Å². The van der Waals surface area contributed by atoms with E-state index in [1.54, 1.807) is 12.2 Å². The van der Waals surface area contributed by atoms with Gasteiger partial charge in [-0.3, -0.25) is 4.79 Å². The zero-order chi connectivity index (χ0) is 17.8. The van der Waals surface area contributed by atoms with Crippen molar-refractivity contribution < 1.29 is 4.79 Å². The maximum atomic E-state index is 12.3. The molecule has 0 aliphatic rings. The summed E-state index contributed by atoms with van der Waals surface area (Å²) in [5.41, 5.74) is 2.94. The summed E-state index contributed by atoms with van der Waals surface area (Å²) in [4.78, 5) is 17.2. The quantitative estimate of drug-likeness (QED) is 0.471. The smallest absolute Gasteiger partial charge is 0.272 e. The highest BCUT2D eigenvalue weighted by Crippen LogP contribution is 2.27. The third kappa shape index (κ3) is 3.81. The summed E-state index contributed by atoms with van der Waals surface area (Å²) in [7, 11) is 0. The molecular formula is C20H17ClN2OS. The Morgan fingerprint density at radius 3 is 2.76 bits per heavy atom. The van der Waals surface area contributed by atoms with E-state index in [2.05, 4.69) is 11.6 Å². The molecule has 0 saturated heterocycles. The van der Waals surface area contributed by atoms with Gasteiger partial charge in [-0.15, -0.1) is 6.58 Å². The molecule has 3 rings (SSSR count). The minimum absolute atomic E-state index is 0.294. The second-order valence-electron chi connectivity index (χ2n) is 5.50. The fraction of sp³-hybridized carbons (Fsp3) is 0.100. The van der Waals surface area contributed by atoms with Crippen molar-refractivity contribution in [1.82, 2.24) is 4.57 Å². The van der Waals surface area contributed by atoms with E-state index >= 15 is 0 Å². The normalized spacial score (nSPS) is 12.2. The Kier molecular flexibility index (Phi) is 5.31. The molecule has 0 saturated carbocycles. The number of allylic oxidation sites excluding steroid dienone is 1. The summed E-state index contributed by atoms with van der Waals surface area (Å²) in [6.45, 7) is 6.34. The highest BCUT2D eigenvalue weighted by atomic mass is 35.5. The first-order valence-electron chi connectivity index (χ1n) is 7.81. The van der Waals surface area contributed by atoms with Gasteiger partial charge in [0.1, 0.15) is 0 Å². The molecule has 0 unspecified atom stereocenters. The second kappa shape index (κ2) is 7.64. The minimum atomic E-state index is -0.294. The summed E-state index contributed by atoms with van der Waals surface area (Å²) in [6.07, 6.45) is 5.03. The minimum Gasteiger partial charge on any atom is -0.312 e. The van der Waals surface area contributed by atoms with Gasteiger partial charge in [-0.25, -0.2) is 0 Å². The summed E-state index contributed by atoms with van der Waals surface area (Å²) < 4.78 is 3.02. The Labute approximate surface area is 155 Å². The van der Waals surface area contributed by atoms with Gasteiger partial charge in [0.2, 0.25) is 0 Å². The zero-order valence-corrected chi connectivity index (χ0v) is 15.3. The number of carbonyl (C=O) groups excluding carboxylic acids is 1. The lowest BCUT2D eigenvalue weighted by Gasteiger charge is -2.05. The number of hydrogen-bond donors (Lipinski definition) is 0. The average molecular weight is 369 g/mol. The molecule has 3 nitrogen and oxygen atoms in total. The van der Waals surface area contributed by atoms with Crippen LogP contribution in [0.4, 0.5) is 0 Å². The molecule has 2 aromatic carbocycles. The van der Waals surface area contributed by atoms with Gasteiger partial charge in [-0.1, -0.05) is 59.3 Å². The Balaban J connectivity index is 2.05. The number of hydrogen-bond acceptors (Lipinski definition) is 2. The van der Waals surface area contributed by atoms with Gasteiger partial charge in [-0.2, -0.15) is 4.99 Å². The molecule has 0 N–H and O–H groups in total. The molecule has 1 aromatic heterocycles. The van der Waals surface area contributed by atoms with E-state index in [9.17, 15) is 4.79 Å². The molecule has 0 bridgehead atoms. The molecular weight excluding hydrogens is 352 g/mol. The van der Waals surface area contributed by atoms with Gasteiger partial charge >= 0.3 is 0 Å². The molecule has 0 radical (unpaired) electrons. The van der Waals surface area contributed by atoms with Crippen LogP contribution < -0.4 is 4.80 Å². The van der Waals surface area contributed by atoms with Gasteiger partial charge in [0.15, 0.2) is 4.80 Å². The molecule has 1 amide bonds. The maximum Gasteiger partial charge on any atom is 0.272 e. The van der Waals surface area contributed by atoms with Crippen molar-refractivity contribution >= 4 is 45.1 Å². The Morgan fingerprint density at radius 2 is 2.04 bits per heavy atom. The van der Waals surface area contributed by atoms with Crippen LogP contribution in [0.25, 0.3) is 16.3 Å². The van der Waals surface area contributed by atoms with Crippen molar-refractivity contribution in [2.24, 2.45) is 4.99 Å². The number of amides is 1. The summed E-state index contributed by atoms with van der Waals surface area (Å²) in [5, 5.41) is 0.699.